The molecule has 0 spiro atoms. The maximum Gasteiger partial charge on any atom is 0.305 e. The molecule has 0 aromatic rings. The van der Waals surface area contributed by atoms with Crippen molar-refractivity contribution in [1.82, 2.24) is 0 Å². The van der Waals surface area contributed by atoms with Crippen LogP contribution in [0, 0.1) is 0 Å². The van der Waals surface area contributed by atoms with Gasteiger partial charge in [-0.05, 0) is 19.3 Å². The quantitative estimate of drug-likeness (QED) is 0.274. The van der Waals surface area contributed by atoms with E-state index in [9.17, 15) is 4.79 Å². The summed E-state index contributed by atoms with van der Waals surface area (Å²) in [5, 5.41) is 0. The molecule has 0 bridgehead atoms. The van der Waals surface area contributed by atoms with E-state index in [0.717, 1.165) is 38.5 Å². The average Bonchev–Trinajstić information content (AvgIpc) is 2.45. The van der Waals surface area contributed by atoms with E-state index in [4.69, 9.17) is 14.2 Å². The molecule has 0 saturated heterocycles. The van der Waals surface area contributed by atoms with Crippen LogP contribution in [-0.4, -0.2) is 32.1 Å². The fraction of sp³-hybridized carbons (Fsp3) is 0.938. The highest BCUT2D eigenvalue weighted by Gasteiger charge is 2.12. The molecule has 0 aliphatic rings. The van der Waals surface area contributed by atoms with Crippen LogP contribution in [0.4, 0.5) is 0 Å². The van der Waals surface area contributed by atoms with Gasteiger partial charge < -0.3 is 14.2 Å². The lowest BCUT2D eigenvalue weighted by molar-refractivity contribution is -0.159. The summed E-state index contributed by atoms with van der Waals surface area (Å²) in [6, 6.07) is 0. The van der Waals surface area contributed by atoms with E-state index in [1.54, 1.807) is 0 Å². The molecule has 0 atom stereocenters. The molecule has 0 heterocycles. The molecular formula is C16H32O4. The van der Waals surface area contributed by atoms with Crippen molar-refractivity contribution in [2.45, 2.75) is 78.4 Å². The van der Waals surface area contributed by atoms with Crippen LogP contribution in [-0.2, 0) is 19.0 Å². The fourth-order valence-corrected chi connectivity index (χ4v) is 1.57. The monoisotopic (exact) mass is 288 g/mol. The zero-order valence-corrected chi connectivity index (χ0v) is 13.5. The van der Waals surface area contributed by atoms with E-state index in [2.05, 4.69) is 20.8 Å². The molecule has 0 unspecified atom stereocenters. The predicted octanol–water partition coefficient (Wildman–Crippen LogP) is 4.07. The van der Waals surface area contributed by atoms with Gasteiger partial charge in [-0.3, -0.25) is 4.79 Å². The van der Waals surface area contributed by atoms with Crippen LogP contribution in [0.15, 0.2) is 0 Å². The molecule has 0 N–H and O–H groups in total. The van der Waals surface area contributed by atoms with Crippen LogP contribution in [0.5, 0.6) is 0 Å². The highest BCUT2D eigenvalue weighted by Crippen LogP contribution is 2.08. The van der Waals surface area contributed by atoms with Crippen LogP contribution in [0.2, 0.25) is 0 Å². The molecule has 0 amide bonds. The first-order valence-electron chi connectivity index (χ1n) is 8.13. The number of carbonyl (C=O) groups excluding carboxylic acids is 1. The maximum atomic E-state index is 11.5. The Balaban J connectivity index is 3.84. The molecule has 0 fully saturated rings. The van der Waals surface area contributed by atoms with Gasteiger partial charge in [-0.2, -0.15) is 0 Å². The van der Waals surface area contributed by atoms with Gasteiger partial charge in [0.1, 0.15) is 0 Å². The topological polar surface area (TPSA) is 44.8 Å². The second-order valence-corrected chi connectivity index (χ2v) is 4.99. The number of esters is 1. The van der Waals surface area contributed by atoms with Gasteiger partial charge in [-0.1, -0.05) is 40.0 Å². The maximum absolute atomic E-state index is 11.5. The van der Waals surface area contributed by atoms with Crippen molar-refractivity contribution < 1.29 is 19.0 Å². The van der Waals surface area contributed by atoms with Crippen LogP contribution in [0.1, 0.15) is 72.1 Å². The van der Waals surface area contributed by atoms with Crippen molar-refractivity contribution in [3.63, 3.8) is 0 Å². The van der Waals surface area contributed by atoms with Crippen molar-refractivity contribution in [2.24, 2.45) is 0 Å². The second-order valence-electron chi connectivity index (χ2n) is 4.99. The minimum absolute atomic E-state index is 0.151. The van der Waals surface area contributed by atoms with Crippen LogP contribution in [0.3, 0.4) is 0 Å². The lowest BCUT2D eigenvalue weighted by Gasteiger charge is -2.18. The first-order chi connectivity index (χ1) is 9.74. The Morgan fingerprint density at radius 2 is 1.35 bits per heavy atom. The van der Waals surface area contributed by atoms with E-state index >= 15 is 0 Å². The van der Waals surface area contributed by atoms with Gasteiger partial charge >= 0.3 is 5.97 Å². The number of hydrogen-bond acceptors (Lipinski definition) is 4. The molecule has 0 aliphatic carbocycles. The third-order valence-electron chi connectivity index (χ3n) is 2.95. The number of ether oxygens (including phenoxy) is 3. The summed E-state index contributed by atoms with van der Waals surface area (Å²) >= 11 is 0. The SMILES string of the molecule is CCCCOC(=O)CCC(OCCCC)OCCCC. The summed E-state index contributed by atoms with van der Waals surface area (Å²) in [5.74, 6) is -0.151. The highest BCUT2D eigenvalue weighted by molar-refractivity contribution is 5.69. The third-order valence-corrected chi connectivity index (χ3v) is 2.95. The van der Waals surface area contributed by atoms with Gasteiger partial charge in [0.2, 0.25) is 0 Å². The van der Waals surface area contributed by atoms with Crippen molar-refractivity contribution in [1.29, 1.82) is 0 Å². The lowest BCUT2D eigenvalue weighted by atomic mass is 10.3. The summed E-state index contributed by atoms with van der Waals surface area (Å²) in [6.45, 7) is 8.24. The summed E-state index contributed by atoms with van der Waals surface area (Å²) in [6.07, 6.45) is 6.88. The van der Waals surface area contributed by atoms with Gasteiger partial charge in [0, 0.05) is 19.6 Å². The zero-order chi connectivity index (χ0) is 15.1. The van der Waals surface area contributed by atoms with Crippen molar-refractivity contribution in [3.8, 4) is 0 Å². The summed E-state index contributed by atoms with van der Waals surface area (Å²) in [4.78, 5) is 11.5. The molecule has 0 aromatic carbocycles. The molecule has 4 nitrogen and oxygen atoms in total. The molecule has 0 rings (SSSR count). The Morgan fingerprint density at radius 3 is 1.85 bits per heavy atom. The van der Waals surface area contributed by atoms with E-state index in [-0.39, 0.29) is 12.3 Å². The Labute approximate surface area is 124 Å². The van der Waals surface area contributed by atoms with Crippen LogP contribution < -0.4 is 0 Å². The smallest absolute Gasteiger partial charge is 0.305 e. The molecular weight excluding hydrogens is 256 g/mol. The largest absolute Gasteiger partial charge is 0.466 e. The van der Waals surface area contributed by atoms with E-state index in [0.29, 0.717) is 32.7 Å². The van der Waals surface area contributed by atoms with E-state index < -0.39 is 0 Å². The molecule has 20 heavy (non-hydrogen) atoms. The van der Waals surface area contributed by atoms with Gasteiger partial charge in [0.15, 0.2) is 6.29 Å². The summed E-state index contributed by atoms with van der Waals surface area (Å²) in [5.41, 5.74) is 0. The lowest BCUT2D eigenvalue weighted by Crippen LogP contribution is -2.20. The van der Waals surface area contributed by atoms with Gasteiger partial charge in [0.05, 0.1) is 13.0 Å². The summed E-state index contributed by atoms with van der Waals surface area (Å²) in [7, 11) is 0. The normalized spacial score (nSPS) is 11.0. The molecule has 0 radical (unpaired) electrons. The second kappa shape index (κ2) is 14.8. The molecule has 4 heteroatoms. The Bertz CT molecular complexity index is 209. The Kier molecular flexibility index (Phi) is 14.3. The fourth-order valence-electron chi connectivity index (χ4n) is 1.57. The van der Waals surface area contributed by atoms with Crippen molar-refractivity contribution in [2.75, 3.05) is 19.8 Å². The number of hydrogen-bond donors (Lipinski definition) is 0. The van der Waals surface area contributed by atoms with Crippen LogP contribution in [0.25, 0.3) is 0 Å². The summed E-state index contributed by atoms with van der Waals surface area (Å²) < 4.78 is 16.5. The van der Waals surface area contributed by atoms with Gasteiger partial charge in [-0.25, -0.2) is 0 Å². The Morgan fingerprint density at radius 1 is 0.850 bits per heavy atom. The minimum Gasteiger partial charge on any atom is -0.466 e. The first kappa shape index (κ1) is 19.4. The molecule has 120 valence electrons. The first-order valence-corrected chi connectivity index (χ1v) is 8.13. The number of unbranched alkanes of at least 4 members (excludes halogenated alkanes) is 3. The standard InChI is InChI=1S/C16H32O4/c1-4-7-12-18-15(17)10-11-16(19-13-8-5-2)20-14-9-6-3/h16H,4-14H2,1-3H3. The molecule has 0 aromatic heterocycles. The molecule has 0 aliphatic heterocycles. The van der Waals surface area contributed by atoms with E-state index in [1.165, 1.54) is 0 Å². The van der Waals surface area contributed by atoms with Crippen LogP contribution >= 0.6 is 0 Å². The predicted molar refractivity (Wildman–Crippen MR) is 80.6 cm³/mol. The van der Waals surface area contributed by atoms with Gasteiger partial charge in [0.25, 0.3) is 0 Å². The Hall–Kier alpha value is -0.610. The zero-order valence-electron chi connectivity index (χ0n) is 13.5. The number of rotatable bonds is 14. The average molecular weight is 288 g/mol. The minimum atomic E-state index is -0.271. The van der Waals surface area contributed by atoms with Crippen molar-refractivity contribution in [3.05, 3.63) is 0 Å². The van der Waals surface area contributed by atoms with E-state index in [1.807, 2.05) is 0 Å². The molecule has 0 saturated carbocycles. The highest BCUT2D eigenvalue weighted by atomic mass is 16.7. The third kappa shape index (κ3) is 12.4. The van der Waals surface area contributed by atoms with Gasteiger partial charge in [-0.15, -0.1) is 0 Å². The van der Waals surface area contributed by atoms with Crippen molar-refractivity contribution >= 4 is 5.97 Å². The number of carbonyl (C=O) groups is 1.